The minimum atomic E-state index is -2.80. The molecule has 0 bridgehead atoms. The summed E-state index contributed by atoms with van der Waals surface area (Å²) in [6.07, 6.45) is -117. The summed E-state index contributed by atoms with van der Waals surface area (Å²) in [6, 6.07) is 0. The Kier molecular flexibility index (Phi) is 27.5. The molecule has 29 N–H and O–H groups in total. The van der Waals surface area contributed by atoms with Crippen molar-refractivity contribution in [2.24, 2.45) is 0 Å². The average Bonchev–Trinajstić information content (AvgIpc) is 0.760. The van der Waals surface area contributed by atoms with Crippen LogP contribution in [0.2, 0.25) is 0 Å². The van der Waals surface area contributed by atoms with Gasteiger partial charge in [-0.05, 0) is 0 Å². The molecular weight excluding hydrogens is 1530 g/mol. The van der Waals surface area contributed by atoms with Gasteiger partial charge < -0.3 is 229 Å². The number of rotatable bonds is 25. The maximum absolute atomic E-state index is 12.8. The molecule has 0 unspecified atom stereocenters. The first-order valence-electron chi connectivity index (χ1n) is 31.6. The van der Waals surface area contributed by atoms with Gasteiger partial charge in [0.1, 0.15) is 165 Å². The Morgan fingerprint density at radius 3 is 0.440 bits per heavy atom. The third-order valence-corrected chi connectivity index (χ3v) is 18.5. The van der Waals surface area contributed by atoms with Crippen molar-refractivity contribution < 1.29 is 272 Å². The monoisotopic (exact) mass is 1600 g/mol. The van der Waals surface area contributed by atoms with E-state index in [1.807, 2.05) is 0 Å². The molecule has 0 spiro atoms. The summed E-state index contributed by atoms with van der Waals surface area (Å²) in [7, 11) is 0. The zero-order chi connectivity index (χ0) is 81.2. The Labute approximate surface area is 600 Å². The van der Waals surface area contributed by atoms with Crippen LogP contribution in [0.1, 0.15) is 0 Å². The van der Waals surface area contributed by atoms with Gasteiger partial charge in [-0.2, -0.15) is 0 Å². The van der Waals surface area contributed by atoms with E-state index < -0.39 is 330 Å². The summed E-state index contributed by atoms with van der Waals surface area (Å²) >= 11 is 0. The summed E-state index contributed by atoms with van der Waals surface area (Å²) in [5, 5.41) is 308. The summed E-state index contributed by atoms with van der Waals surface area (Å²) in [5.41, 5.74) is 0. The molecule has 620 valence electrons. The van der Waals surface area contributed by atoms with E-state index in [0.717, 1.165) is 0 Å². The highest BCUT2D eigenvalue weighted by atomic mass is 16.8. The molecule has 0 saturated carbocycles. The molecular formula is C54H74O55. The van der Waals surface area contributed by atoms with Gasteiger partial charge in [-0.3, -0.25) is 0 Å². The number of carbonyl (C=O) groups is 9. The SMILES string of the molecule is O=C(O)[C@H]1O[C@@H](O[C@H]2[C@H](O)[C@H](O)[C@H](O[C@H]3[C@H](O)[C@H](O)[C@H](O[C@H]4[C@H](O)[C@H](O)[C@H](O[C@H]5[C@H](O)[C@H](O)[C@H](O[C@H]6[C@H](O)[C@H](O)[C@H](O[C@H]7[C@H](O)[C@H](O)[C@H](O[C@H]8[C@H](O)[C@H](O)[C@H](O[C@H]9[C@H](O)[C@H](O)[C@H](O)O[C@@H]9C(=O)O)O[C@@H]8C(=O)O)O[C@@H]7C(=O)O)O[C@@H]6C(=O)O)O[C@@H]5C(=O)O)O[C@@H]4C(=O)O)O[C@@H]3C(=O)O)O[C@@H]2C(=O)O)[C@@H](O)[C@@H](O)[C@@H]1O. The first kappa shape index (κ1) is 86.7. The standard InChI is InChI=1S/C54H74O55/c55-1-2(56)28(37(74)75)102-47(12(1)66)95-21-4(58)14(68)49(104-30(21)39(78)79)97-23-6(60)16(70)51(106-32(23)41(82)83)99-25-8(62)18(72)53(108-34(25)43(86)87)101-27-10(64)19(73)54(109-36(27)45(90)91)100-26-9(63)17(71)52(107-35(26)44(88)89)98-24-7(61)15(69)50(105-33(24)42(84)85)96-22-5(59)13(67)48(103-31(22)40(80)81)94-20-3(57)11(65)46(92)93-29(20)38(76)77/h1-36,46-73,92H,(H,74,75)(H,76,77)(H,78,79)(H,80,81)(H,82,83)(H,84,85)(H,86,87)(H,88,89)(H,90,91)/t1-,2-,3+,4+,5+,6+,7+,8+,9+,10+,11-,12-,13-,14-,15-,16-,17-,18-,19-,20-,21-,22-,23-,24-,25-,26-,27-,28-,29-,30-,31-,32-,33-,34-,35-,36-,46+,47+,48+,49+,50+,51+,52+,53+,54+/m0/s1. The van der Waals surface area contributed by atoms with Crippen molar-refractivity contribution in [1.82, 2.24) is 0 Å². The Balaban J connectivity index is 0.822. The molecule has 0 aliphatic carbocycles. The molecule has 9 fully saturated rings. The lowest BCUT2D eigenvalue weighted by Gasteiger charge is -2.49. The van der Waals surface area contributed by atoms with E-state index in [0.29, 0.717) is 0 Å². The molecule has 0 aromatic carbocycles. The van der Waals surface area contributed by atoms with Crippen LogP contribution in [0, 0.1) is 0 Å². The molecule has 0 aromatic heterocycles. The van der Waals surface area contributed by atoms with Crippen molar-refractivity contribution in [3.05, 3.63) is 0 Å². The molecule has 9 rings (SSSR count). The summed E-state index contributed by atoms with van der Waals surface area (Å²) in [6.45, 7) is 0. The van der Waals surface area contributed by atoms with E-state index in [4.69, 9.17) is 75.8 Å². The third-order valence-electron chi connectivity index (χ3n) is 18.5. The summed E-state index contributed by atoms with van der Waals surface area (Å²) in [4.78, 5) is 112. The third kappa shape index (κ3) is 17.3. The summed E-state index contributed by atoms with van der Waals surface area (Å²) < 4.78 is 88.3. The van der Waals surface area contributed by atoms with Gasteiger partial charge in [0.15, 0.2) is 112 Å². The number of aliphatic hydroxyl groups is 20. The lowest BCUT2D eigenvalue weighted by atomic mass is 9.94. The minimum Gasteiger partial charge on any atom is -0.479 e. The first-order valence-corrected chi connectivity index (χ1v) is 31.6. The number of hydrogen-bond donors (Lipinski definition) is 29. The fraction of sp³-hybridized carbons (Fsp3) is 0.833. The van der Waals surface area contributed by atoms with Crippen LogP contribution in [0.25, 0.3) is 0 Å². The van der Waals surface area contributed by atoms with Crippen molar-refractivity contribution in [3.63, 3.8) is 0 Å². The van der Waals surface area contributed by atoms with Gasteiger partial charge in [-0.25, -0.2) is 43.2 Å². The van der Waals surface area contributed by atoms with Gasteiger partial charge in [0.05, 0.1) is 0 Å². The van der Waals surface area contributed by atoms with Crippen LogP contribution in [-0.2, 0) is 124 Å². The van der Waals surface area contributed by atoms with E-state index in [1.165, 1.54) is 0 Å². The van der Waals surface area contributed by atoms with Crippen molar-refractivity contribution in [3.8, 4) is 0 Å². The number of ether oxygens (including phenoxy) is 17. The smallest absolute Gasteiger partial charge is 0.335 e. The van der Waals surface area contributed by atoms with Crippen LogP contribution in [0.5, 0.6) is 0 Å². The Hall–Kier alpha value is -6.25. The lowest BCUT2D eigenvalue weighted by molar-refractivity contribution is -0.390. The number of hydrogen-bond acceptors (Lipinski definition) is 46. The van der Waals surface area contributed by atoms with Crippen molar-refractivity contribution in [1.29, 1.82) is 0 Å². The van der Waals surface area contributed by atoms with Crippen LogP contribution < -0.4 is 0 Å². The van der Waals surface area contributed by atoms with Crippen molar-refractivity contribution in [2.45, 2.75) is 276 Å². The van der Waals surface area contributed by atoms with Gasteiger partial charge in [0.25, 0.3) is 0 Å². The largest absolute Gasteiger partial charge is 0.479 e. The Morgan fingerprint density at radius 2 is 0.284 bits per heavy atom. The number of aliphatic carboxylic acids is 9. The zero-order valence-corrected chi connectivity index (χ0v) is 54.1. The molecule has 9 heterocycles. The quantitative estimate of drug-likeness (QED) is 0.0404. The molecule has 9 aliphatic heterocycles. The molecule has 55 nitrogen and oxygen atoms in total. The zero-order valence-electron chi connectivity index (χ0n) is 54.1. The molecule has 9 saturated heterocycles. The first-order chi connectivity index (χ1) is 50.8. The van der Waals surface area contributed by atoms with Gasteiger partial charge in [-0.15, -0.1) is 0 Å². The highest BCUT2D eigenvalue weighted by Crippen LogP contribution is 2.40. The van der Waals surface area contributed by atoms with Gasteiger partial charge in [-0.1, -0.05) is 0 Å². The molecule has 109 heavy (non-hydrogen) atoms. The van der Waals surface area contributed by atoms with Gasteiger partial charge in [0, 0.05) is 0 Å². The second-order valence-corrected chi connectivity index (χ2v) is 25.5. The van der Waals surface area contributed by atoms with Crippen LogP contribution in [0.15, 0.2) is 0 Å². The van der Waals surface area contributed by atoms with E-state index >= 15 is 0 Å². The maximum atomic E-state index is 12.8. The highest BCUT2D eigenvalue weighted by molar-refractivity contribution is 5.77. The number of carboxylic acids is 9. The molecule has 0 aromatic rings. The normalized spacial score (nSPS) is 49.8. The van der Waals surface area contributed by atoms with E-state index in [2.05, 4.69) is 4.74 Å². The van der Waals surface area contributed by atoms with Crippen molar-refractivity contribution >= 4 is 53.7 Å². The second kappa shape index (κ2) is 34.6. The van der Waals surface area contributed by atoms with Gasteiger partial charge in [0.2, 0.25) is 0 Å². The van der Waals surface area contributed by atoms with E-state index in [-0.39, 0.29) is 0 Å². The Bertz CT molecular complexity index is 3240. The fourth-order valence-electron chi connectivity index (χ4n) is 12.7. The van der Waals surface area contributed by atoms with Crippen LogP contribution in [0.4, 0.5) is 0 Å². The van der Waals surface area contributed by atoms with Crippen LogP contribution >= 0.6 is 0 Å². The highest BCUT2D eigenvalue weighted by Gasteiger charge is 2.64. The van der Waals surface area contributed by atoms with E-state index in [1.54, 1.807) is 0 Å². The van der Waals surface area contributed by atoms with Crippen LogP contribution in [0.3, 0.4) is 0 Å². The molecule has 45 atom stereocenters. The number of carboxylic acid groups (broad SMARTS) is 9. The lowest BCUT2D eigenvalue weighted by Crippen LogP contribution is -2.69. The maximum Gasteiger partial charge on any atom is 0.335 e. The topological polar surface area (TPSA) is 897 Å². The Morgan fingerprint density at radius 1 is 0.156 bits per heavy atom. The predicted molar refractivity (Wildman–Crippen MR) is 302 cm³/mol. The minimum absolute atomic E-state index is 1.94. The van der Waals surface area contributed by atoms with E-state index in [9.17, 15) is 191 Å². The van der Waals surface area contributed by atoms with Gasteiger partial charge >= 0.3 is 53.7 Å². The van der Waals surface area contributed by atoms with Crippen LogP contribution in [-0.4, -0.2) is 478 Å². The average molecular weight is 1600 g/mol. The summed E-state index contributed by atoms with van der Waals surface area (Å²) in [5.74, 6) is -19.2. The molecule has 55 heteroatoms. The molecule has 9 aliphatic rings. The second-order valence-electron chi connectivity index (χ2n) is 25.5. The van der Waals surface area contributed by atoms with Crippen molar-refractivity contribution in [2.75, 3.05) is 0 Å². The fourth-order valence-corrected chi connectivity index (χ4v) is 12.7. The molecule has 0 amide bonds. The number of aliphatic hydroxyl groups excluding tert-OH is 20. The molecule has 0 radical (unpaired) electrons. The predicted octanol–water partition coefficient (Wildman–Crippen LogP) is -19.8.